The largest absolute Gasteiger partial charge is 0.477 e. The van der Waals surface area contributed by atoms with Crippen LogP contribution in [0, 0.1) is 19.7 Å². The first-order valence-corrected chi connectivity index (χ1v) is 13.8. The lowest BCUT2D eigenvalue weighted by molar-refractivity contribution is 0.0694. The van der Waals surface area contributed by atoms with Crippen LogP contribution < -0.4 is 5.43 Å². The third-order valence-corrected chi connectivity index (χ3v) is 9.36. The van der Waals surface area contributed by atoms with Crippen LogP contribution in [0.2, 0.25) is 0 Å². The summed E-state index contributed by atoms with van der Waals surface area (Å²) in [5, 5.41) is 9.85. The Balaban J connectivity index is 1.44. The van der Waals surface area contributed by atoms with Gasteiger partial charge in [0.05, 0.1) is 10.4 Å². The first-order chi connectivity index (χ1) is 18.1. The Morgan fingerprint density at radius 3 is 2.39 bits per heavy atom. The molecule has 0 amide bonds. The van der Waals surface area contributed by atoms with Gasteiger partial charge in [0.1, 0.15) is 11.4 Å². The van der Waals surface area contributed by atoms with Crippen LogP contribution in [0.4, 0.5) is 4.39 Å². The van der Waals surface area contributed by atoms with Crippen molar-refractivity contribution in [3.63, 3.8) is 0 Å². The Hall–Kier alpha value is -3.82. The van der Waals surface area contributed by atoms with Crippen LogP contribution in [-0.2, 0) is 23.1 Å². The Morgan fingerprint density at radius 1 is 1.03 bits per heavy atom. The van der Waals surface area contributed by atoms with E-state index in [2.05, 4.69) is 0 Å². The van der Waals surface area contributed by atoms with Crippen molar-refractivity contribution < 1.29 is 22.7 Å². The number of aromatic carboxylic acids is 1. The topological polar surface area (TPSA) is 96.7 Å². The molecule has 1 aromatic heterocycles. The minimum Gasteiger partial charge on any atom is -0.477 e. The van der Waals surface area contributed by atoms with Gasteiger partial charge in [0.25, 0.3) is 0 Å². The Labute approximate surface area is 218 Å². The first kappa shape index (κ1) is 24.5. The van der Waals surface area contributed by atoms with Crippen molar-refractivity contribution in [2.24, 2.45) is 0 Å². The molecule has 1 saturated carbocycles. The summed E-state index contributed by atoms with van der Waals surface area (Å²) in [4.78, 5) is 24.8. The summed E-state index contributed by atoms with van der Waals surface area (Å²) in [6.07, 6.45) is 3.19. The lowest BCUT2D eigenvalue weighted by atomic mass is 9.94. The molecule has 4 aromatic rings. The SMILES string of the molecule is Cc1ccc(S(=O)(=O)N2Cc3cc(-c4ccc5c(=O)c(C(=O)O)cn(C6CC6)c5c4C)cc(F)c3C2)cc1. The van der Waals surface area contributed by atoms with Crippen LogP contribution in [-0.4, -0.2) is 28.4 Å². The lowest BCUT2D eigenvalue weighted by Crippen LogP contribution is -2.25. The van der Waals surface area contributed by atoms with E-state index in [0.717, 1.165) is 24.0 Å². The summed E-state index contributed by atoms with van der Waals surface area (Å²) in [6, 6.07) is 13.2. The first-order valence-electron chi connectivity index (χ1n) is 12.4. The van der Waals surface area contributed by atoms with Crippen molar-refractivity contribution in [3.8, 4) is 11.1 Å². The number of benzene rings is 3. The highest BCUT2D eigenvalue weighted by atomic mass is 32.2. The summed E-state index contributed by atoms with van der Waals surface area (Å²) in [6.45, 7) is 3.73. The van der Waals surface area contributed by atoms with Crippen LogP contribution in [0.25, 0.3) is 22.0 Å². The van der Waals surface area contributed by atoms with Gasteiger partial charge in [-0.2, -0.15) is 4.31 Å². The van der Waals surface area contributed by atoms with Crippen molar-refractivity contribution in [1.29, 1.82) is 0 Å². The van der Waals surface area contributed by atoms with Crippen LogP contribution in [0.5, 0.6) is 0 Å². The average Bonchev–Trinajstić information content (AvgIpc) is 3.62. The Bertz CT molecular complexity index is 1820. The number of hydrogen-bond donors (Lipinski definition) is 1. The Kier molecular flexibility index (Phi) is 5.55. The molecule has 0 unspecified atom stereocenters. The molecule has 194 valence electrons. The number of carboxylic acid groups (broad SMARTS) is 1. The lowest BCUT2D eigenvalue weighted by Gasteiger charge is -2.17. The predicted molar refractivity (Wildman–Crippen MR) is 141 cm³/mol. The number of hydrogen-bond acceptors (Lipinski definition) is 4. The monoisotopic (exact) mass is 532 g/mol. The minimum absolute atomic E-state index is 0.0481. The molecule has 0 atom stereocenters. The summed E-state index contributed by atoms with van der Waals surface area (Å²) in [7, 11) is -3.80. The zero-order valence-electron chi connectivity index (χ0n) is 20.9. The van der Waals surface area contributed by atoms with E-state index in [-0.39, 0.29) is 29.6 Å². The summed E-state index contributed by atoms with van der Waals surface area (Å²) in [5.41, 5.74) is 3.74. The second kappa shape index (κ2) is 8.61. The fraction of sp³-hybridized carbons (Fsp3) is 0.241. The fourth-order valence-corrected chi connectivity index (χ4v) is 6.73. The number of fused-ring (bicyclic) bond motifs is 2. The van der Waals surface area contributed by atoms with E-state index in [1.54, 1.807) is 36.4 Å². The van der Waals surface area contributed by atoms with Crippen LogP contribution >= 0.6 is 0 Å². The van der Waals surface area contributed by atoms with E-state index >= 15 is 4.39 Å². The normalized spacial score (nSPS) is 15.7. The highest BCUT2D eigenvalue weighted by Gasteiger charge is 2.33. The zero-order chi connectivity index (χ0) is 26.9. The Morgan fingerprint density at radius 2 is 1.74 bits per heavy atom. The second-order valence-electron chi connectivity index (χ2n) is 10.1. The third kappa shape index (κ3) is 3.85. The van der Waals surface area contributed by atoms with Crippen molar-refractivity contribution in [1.82, 2.24) is 8.87 Å². The highest BCUT2D eigenvalue weighted by Crippen LogP contribution is 2.40. The quantitative estimate of drug-likeness (QED) is 0.383. The van der Waals surface area contributed by atoms with E-state index in [4.69, 9.17) is 0 Å². The number of aromatic nitrogens is 1. The summed E-state index contributed by atoms with van der Waals surface area (Å²) < 4.78 is 45.0. The van der Waals surface area contributed by atoms with Crippen LogP contribution in [0.1, 0.15) is 51.5 Å². The number of carbonyl (C=O) groups is 1. The molecule has 6 rings (SSSR count). The van der Waals surface area contributed by atoms with E-state index in [9.17, 15) is 23.1 Å². The second-order valence-corrected chi connectivity index (χ2v) is 12.1. The van der Waals surface area contributed by atoms with Gasteiger partial charge in [0.2, 0.25) is 15.5 Å². The van der Waals surface area contributed by atoms with Crippen LogP contribution in [0.3, 0.4) is 0 Å². The molecular weight excluding hydrogens is 507 g/mol. The molecule has 7 nitrogen and oxygen atoms in total. The number of aryl methyl sites for hydroxylation is 2. The number of pyridine rings is 1. The predicted octanol–water partition coefficient (Wildman–Crippen LogP) is 5.16. The van der Waals surface area contributed by atoms with Crippen LogP contribution in [0.15, 0.2) is 64.4 Å². The standard InChI is InChI=1S/C29H25FN2O5S/c1-16-3-7-21(8-4-16)38(36,37)31-13-19-11-18(12-26(30)24(19)14-31)22-9-10-23-27(17(22)2)32(20-5-6-20)15-25(28(23)33)29(34)35/h3-4,7-12,15,20H,5-6,13-14H2,1-2H3,(H,34,35). The highest BCUT2D eigenvalue weighted by molar-refractivity contribution is 7.89. The molecule has 9 heteroatoms. The van der Waals surface area contributed by atoms with E-state index in [0.29, 0.717) is 33.2 Å². The minimum atomic E-state index is -3.80. The zero-order valence-corrected chi connectivity index (χ0v) is 21.7. The summed E-state index contributed by atoms with van der Waals surface area (Å²) in [5.74, 6) is -1.75. The van der Waals surface area contributed by atoms with E-state index in [1.165, 1.54) is 16.6 Å². The van der Waals surface area contributed by atoms with Gasteiger partial charge in [-0.15, -0.1) is 0 Å². The molecule has 2 aliphatic rings. The van der Waals surface area contributed by atoms with Gasteiger partial charge in [-0.3, -0.25) is 4.79 Å². The van der Waals surface area contributed by atoms with E-state index in [1.807, 2.05) is 24.5 Å². The van der Waals surface area contributed by atoms with Crippen molar-refractivity contribution in [2.75, 3.05) is 0 Å². The number of sulfonamides is 1. The smallest absolute Gasteiger partial charge is 0.341 e. The number of rotatable bonds is 5. The van der Waals surface area contributed by atoms with Gasteiger partial charge in [-0.25, -0.2) is 17.6 Å². The van der Waals surface area contributed by atoms with E-state index < -0.39 is 27.2 Å². The molecule has 0 radical (unpaired) electrons. The maximum atomic E-state index is 15.4. The summed E-state index contributed by atoms with van der Waals surface area (Å²) >= 11 is 0. The van der Waals surface area contributed by atoms with Gasteiger partial charge < -0.3 is 9.67 Å². The van der Waals surface area contributed by atoms with Crippen molar-refractivity contribution in [2.45, 2.75) is 50.7 Å². The number of carboxylic acids is 1. The molecule has 0 saturated heterocycles. The van der Waals surface area contributed by atoms with Gasteiger partial charge in [0.15, 0.2) is 0 Å². The molecule has 38 heavy (non-hydrogen) atoms. The molecule has 0 bridgehead atoms. The van der Waals surface area contributed by atoms with Gasteiger partial charge in [0, 0.05) is 36.3 Å². The number of nitrogens with zero attached hydrogens (tertiary/aromatic N) is 2. The molecule has 1 N–H and O–H groups in total. The van der Waals surface area contributed by atoms with Gasteiger partial charge in [-0.05, 0) is 79.3 Å². The fourth-order valence-electron chi connectivity index (χ4n) is 5.35. The molecular formula is C29H25FN2O5S. The molecule has 0 spiro atoms. The molecule has 3 aromatic carbocycles. The van der Waals surface area contributed by atoms with Gasteiger partial charge >= 0.3 is 5.97 Å². The molecule has 1 aliphatic carbocycles. The molecule has 1 aliphatic heterocycles. The van der Waals surface area contributed by atoms with Crippen molar-refractivity contribution >= 4 is 26.9 Å². The third-order valence-electron chi connectivity index (χ3n) is 7.56. The average molecular weight is 533 g/mol. The van der Waals surface area contributed by atoms with Crippen molar-refractivity contribution in [3.05, 3.63) is 98.6 Å². The number of halogens is 1. The van der Waals surface area contributed by atoms with Gasteiger partial charge in [-0.1, -0.05) is 23.8 Å². The molecule has 2 heterocycles. The maximum absolute atomic E-state index is 15.4. The molecule has 1 fully saturated rings. The maximum Gasteiger partial charge on any atom is 0.341 e.